The number of aliphatic carboxylic acids is 1. The number of pyridine rings is 1. The predicted molar refractivity (Wildman–Crippen MR) is 115 cm³/mol. The molecule has 1 aromatic carbocycles. The fourth-order valence-corrected chi connectivity index (χ4v) is 3.65. The van der Waals surface area contributed by atoms with E-state index in [0.29, 0.717) is 25.7 Å². The molecule has 1 aliphatic carbocycles. The molecule has 10 nitrogen and oxygen atoms in total. The molecule has 0 radical (unpaired) electrons. The number of ether oxygens (including phenoxy) is 1. The van der Waals surface area contributed by atoms with Crippen LogP contribution in [-0.2, 0) is 11.0 Å². The lowest BCUT2D eigenvalue weighted by Gasteiger charge is -2.26. The van der Waals surface area contributed by atoms with Gasteiger partial charge in [-0.2, -0.15) is 13.2 Å². The summed E-state index contributed by atoms with van der Waals surface area (Å²) in [6, 6.07) is 2.61. The molecule has 4 rings (SSSR count). The molecular weight excluding hydrogens is 509 g/mol. The Morgan fingerprint density at radius 3 is 2.41 bits per heavy atom. The molecule has 1 aliphatic rings. The van der Waals surface area contributed by atoms with Crippen LogP contribution in [0.5, 0.6) is 5.88 Å². The van der Waals surface area contributed by atoms with E-state index in [1.54, 1.807) is 0 Å². The standard InChI is InChI=1S/C22H18F5N5O5/c23-14-8-15(24)16(7-13(14)22(25,26)27)30-21-32-31-19(37-21)18(33)29-11-3-6-17(28-9-11)36-12-4-1-10(2-5-12)20(34)35/h3,6-10,12H,1-2,4-5H2,(H,29,33)(H,30,32)(H,34,35)/t10-,12-. The first-order valence-electron chi connectivity index (χ1n) is 10.8. The van der Waals surface area contributed by atoms with Crippen LogP contribution in [0, 0.1) is 17.6 Å². The van der Waals surface area contributed by atoms with Gasteiger partial charge in [0.2, 0.25) is 5.88 Å². The van der Waals surface area contributed by atoms with Crippen molar-refractivity contribution in [2.45, 2.75) is 38.0 Å². The van der Waals surface area contributed by atoms with Crippen molar-refractivity contribution in [1.82, 2.24) is 15.2 Å². The Hall–Kier alpha value is -4.30. The maximum Gasteiger partial charge on any atom is 0.419 e. The molecule has 2 aromatic heterocycles. The normalized spacial score (nSPS) is 17.8. The molecule has 1 saturated carbocycles. The molecule has 3 aromatic rings. The van der Waals surface area contributed by atoms with Crippen molar-refractivity contribution in [1.29, 1.82) is 0 Å². The zero-order valence-corrected chi connectivity index (χ0v) is 18.7. The first-order chi connectivity index (χ1) is 17.5. The molecule has 0 atom stereocenters. The number of nitrogens with zero attached hydrogens (tertiary/aromatic N) is 3. The van der Waals surface area contributed by atoms with E-state index in [1.165, 1.54) is 18.3 Å². The highest BCUT2D eigenvalue weighted by Crippen LogP contribution is 2.35. The van der Waals surface area contributed by atoms with Crippen molar-refractivity contribution in [3.8, 4) is 5.88 Å². The van der Waals surface area contributed by atoms with Crippen molar-refractivity contribution >= 4 is 29.3 Å². The lowest BCUT2D eigenvalue weighted by molar-refractivity contribution is -0.143. The molecule has 196 valence electrons. The lowest BCUT2D eigenvalue weighted by atomic mass is 9.87. The van der Waals surface area contributed by atoms with Crippen LogP contribution in [0.1, 0.15) is 41.9 Å². The summed E-state index contributed by atoms with van der Waals surface area (Å²) in [6.45, 7) is 0. The number of benzene rings is 1. The zero-order chi connectivity index (χ0) is 26.7. The second kappa shape index (κ2) is 10.4. The number of carbonyl (C=O) groups is 2. The highest BCUT2D eigenvalue weighted by atomic mass is 19.4. The monoisotopic (exact) mass is 527 g/mol. The SMILES string of the molecule is O=C(Nc1ccc(O[C@H]2CC[C@H](C(=O)O)CC2)nc1)c1nnc(Nc2cc(C(F)(F)F)c(F)cc2F)o1. The molecule has 0 aliphatic heterocycles. The Morgan fingerprint density at radius 1 is 1.05 bits per heavy atom. The van der Waals surface area contributed by atoms with E-state index in [2.05, 4.69) is 25.8 Å². The van der Waals surface area contributed by atoms with Crippen molar-refractivity contribution < 1.29 is 45.8 Å². The van der Waals surface area contributed by atoms with Gasteiger partial charge in [-0.1, -0.05) is 5.10 Å². The smallest absolute Gasteiger partial charge is 0.419 e. The number of halogens is 5. The van der Waals surface area contributed by atoms with Gasteiger partial charge in [0.1, 0.15) is 17.7 Å². The van der Waals surface area contributed by atoms with Gasteiger partial charge in [0, 0.05) is 12.1 Å². The van der Waals surface area contributed by atoms with E-state index in [1.807, 2.05) is 0 Å². The van der Waals surface area contributed by atoms with Crippen LogP contribution in [0.2, 0.25) is 0 Å². The second-order valence-corrected chi connectivity index (χ2v) is 8.12. The summed E-state index contributed by atoms with van der Waals surface area (Å²) in [6.07, 6.45) is -1.79. The number of hydrogen-bond acceptors (Lipinski definition) is 8. The van der Waals surface area contributed by atoms with Gasteiger partial charge in [0.05, 0.1) is 29.1 Å². The van der Waals surface area contributed by atoms with Gasteiger partial charge in [-0.05, 0) is 37.8 Å². The van der Waals surface area contributed by atoms with Gasteiger partial charge in [-0.3, -0.25) is 9.59 Å². The van der Waals surface area contributed by atoms with Crippen LogP contribution in [0.15, 0.2) is 34.9 Å². The molecular formula is C22H18F5N5O5. The van der Waals surface area contributed by atoms with Crippen LogP contribution in [0.25, 0.3) is 0 Å². The van der Waals surface area contributed by atoms with Crippen LogP contribution in [0.3, 0.4) is 0 Å². The number of rotatable bonds is 7. The third-order valence-electron chi connectivity index (χ3n) is 5.53. The van der Waals surface area contributed by atoms with E-state index < -0.39 is 52.8 Å². The number of nitrogens with one attached hydrogen (secondary N) is 2. The minimum absolute atomic E-state index is 0.0521. The first kappa shape index (κ1) is 25.8. The number of carbonyl (C=O) groups excluding carboxylic acids is 1. The Balaban J connectivity index is 1.35. The molecule has 0 spiro atoms. The maximum atomic E-state index is 13.9. The Morgan fingerprint density at radius 2 is 1.78 bits per heavy atom. The summed E-state index contributed by atoms with van der Waals surface area (Å²) in [5, 5.41) is 20.4. The summed E-state index contributed by atoms with van der Waals surface area (Å²) in [5.41, 5.74) is -2.28. The minimum atomic E-state index is -5.07. The van der Waals surface area contributed by atoms with Gasteiger partial charge in [-0.25, -0.2) is 13.8 Å². The van der Waals surface area contributed by atoms with Crippen molar-refractivity contribution in [2.24, 2.45) is 5.92 Å². The van der Waals surface area contributed by atoms with Crippen molar-refractivity contribution in [2.75, 3.05) is 10.6 Å². The number of carboxylic acid groups (broad SMARTS) is 1. The fraction of sp³-hybridized carbons (Fsp3) is 0.318. The summed E-state index contributed by atoms with van der Waals surface area (Å²) in [4.78, 5) is 27.5. The molecule has 0 saturated heterocycles. The number of alkyl halides is 3. The van der Waals surface area contributed by atoms with Gasteiger partial charge in [0.25, 0.3) is 0 Å². The first-order valence-corrected chi connectivity index (χ1v) is 10.8. The number of hydrogen-bond donors (Lipinski definition) is 3. The highest BCUT2D eigenvalue weighted by molar-refractivity contribution is 6.00. The molecule has 15 heteroatoms. The minimum Gasteiger partial charge on any atom is -0.481 e. The maximum absolute atomic E-state index is 13.9. The average Bonchev–Trinajstić information content (AvgIpc) is 3.30. The van der Waals surface area contributed by atoms with Crippen LogP contribution >= 0.6 is 0 Å². The number of carboxylic acids is 1. The molecule has 1 amide bonds. The quantitative estimate of drug-likeness (QED) is 0.371. The zero-order valence-electron chi connectivity index (χ0n) is 18.7. The van der Waals surface area contributed by atoms with E-state index in [-0.39, 0.29) is 35.7 Å². The Labute approximate surface area is 204 Å². The summed E-state index contributed by atoms with van der Waals surface area (Å²) in [5.74, 6) is -5.55. The fourth-order valence-electron chi connectivity index (χ4n) is 3.65. The number of amides is 1. The third-order valence-corrected chi connectivity index (χ3v) is 5.53. The van der Waals surface area contributed by atoms with E-state index in [4.69, 9.17) is 14.3 Å². The van der Waals surface area contributed by atoms with Crippen molar-refractivity contribution in [3.05, 3.63) is 53.6 Å². The van der Waals surface area contributed by atoms with Crippen LogP contribution in [0.4, 0.5) is 39.3 Å². The average molecular weight is 527 g/mol. The molecule has 37 heavy (non-hydrogen) atoms. The predicted octanol–water partition coefficient (Wildman–Crippen LogP) is 4.78. The van der Waals surface area contributed by atoms with Gasteiger partial charge < -0.3 is 24.9 Å². The molecule has 0 unspecified atom stereocenters. The van der Waals surface area contributed by atoms with E-state index in [0.717, 1.165) is 0 Å². The lowest BCUT2D eigenvalue weighted by Crippen LogP contribution is -2.28. The Bertz CT molecular complexity index is 1290. The van der Waals surface area contributed by atoms with E-state index in [9.17, 15) is 31.5 Å². The number of anilines is 3. The van der Waals surface area contributed by atoms with Gasteiger partial charge in [-0.15, -0.1) is 5.10 Å². The topological polar surface area (TPSA) is 139 Å². The highest BCUT2D eigenvalue weighted by Gasteiger charge is 2.35. The van der Waals surface area contributed by atoms with Gasteiger partial charge in [0.15, 0.2) is 0 Å². The molecule has 0 bridgehead atoms. The van der Waals surface area contributed by atoms with E-state index >= 15 is 0 Å². The van der Waals surface area contributed by atoms with Crippen LogP contribution < -0.4 is 15.4 Å². The molecule has 3 N–H and O–H groups in total. The number of aromatic nitrogens is 3. The summed E-state index contributed by atoms with van der Waals surface area (Å²) < 4.78 is 76.7. The Kier molecular flexibility index (Phi) is 7.22. The molecule has 2 heterocycles. The van der Waals surface area contributed by atoms with Gasteiger partial charge >= 0.3 is 30.0 Å². The second-order valence-electron chi connectivity index (χ2n) is 8.12. The van der Waals surface area contributed by atoms with Crippen LogP contribution in [-0.4, -0.2) is 38.3 Å². The van der Waals surface area contributed by atoms with Crippen molar-refractivity contribution in [3.63, 3.8) is 0 Å². The largest absolute Gasteiger partial charge is 0.481 e. The third kappa shape index (κ3) is 6.29. The molecule has 1 fully saturated rings. The summed E-state index contributed by atoms with van der Waals surface area (Å²) in [7, 11) is 0. The summed E-state index contributed by atoms with van der Waals surface area (Å²) >= 11 is 0.